The Hall–Kier alpha value is -2.73. The van der Waals surface area contributed by atoms with Crippen LogP contribution >= 0.6 is 0 Å². The van der Waals surface area contributed by atoms with E-state index >= 15 is 0 Å². The Morgan fingerprint density at radius 1 is 1.14 bits per heavy atom. The third-order valence-electron chi connectivity index (χ3n) is 5.12. The van der Waals surface area contributed by atoms with Crippen molar-refractivity contribution in [3.63, 3.8) is 0 Å². The van der Waals surface area contributed by atoms with E-state index in [0.29, 0.717) is 17.7 Å². The van der Waals surface area contributed by atoms with Crippen LogP contribution in [-0.4, -0.2) is 64.4 Å². The average molecular weight is 377 g/mol. The second-order valence-electron chi connectivity index (χ2n) is 7.54. The number of carbonyl (C=O) groups excluding carboxylic acids is 1. The quantitative estimate of drug-likeness (QED) is 0.839. The van der Waals surface area contributed by atoms with Crippen molar-refractivity contribution in [1.82, 2.24) is 19.8 Å². The molecule has 1 aromatic carbocycles. The molecular weight excluding hydrogens is 350 g/mol. The lowest BCUT2D eigenvalue weighted by atomic mass is 10.2. The van der Waals surface area contributed by atoms with E-state index in [1.807, 2.05) is 30.0 Å². The number of carbonyl (C=O) groups is 1. The lowest BCUT2D eigenvalue weighted by Crippen LogP contribution is -2.48. The molecule has 0 atom stereocenters. The third kappa shape index (κ3) is 4.95. The molecule has 2 aliphatic rings. The van der Waals surface area contributed by atoms with E-state index in [1.165, 1.54) is 5.56 Å². The zero-order valence-corrected chi connectivity index (χ0v) is 16.3. The molecule has 1 saturated carbocycles. The Kier molecular flexibility index (Phi) is 5.67. The molecule has 2 heterocycles. The van der Waals surface area contributed by atoms with E-state index in [1.54, 1.807) is 6.07 Å². The molecule has 1 aliphatic carbocycles. The van der Waals surface area contributed by atoms with Crippen LogP contribution in [0.2, 0.25) is 0 Å². The van der Waals surface area contributed by atoms with Gasteiger partial charge in [-0.15, -0.1) is 0 Å². The lowest BCUT2D eigenvalue weighted by Gasteiger charge is -2.34. The summed E-state index contributed by atoms with van der Waals surface area (Å²) in [6.45, 7) is 6.02. The molecule has 1 saturated heterocycles. The van der Waals surface area contributed by atoms with Gasteiger partial charge in [0.05, 0.1) is 0 Å². The Bertz CT molecular complexity index is 839. The van der Waals surface area contributed by atoms with Gasteiger partial charge in [0.15, 0.2) is 0 Å². The topological polar surface area (TPSA) is 61.4 Å². The number of aromatic nitrogens is 2. The Morgan fingerprint density at radius 2 is 1.89 bits per heavy atom. The first-order valence-electron chi connectivity index (χ1n) is 10.0. The number of piperazine rings is 1. The summed E-state index contributed by atoms with van der Waals surface area (Å²) in [6.07, 6.45) is 6.65. The second kappa shape index (κ2) is 8.52. The molecule has 0 spiro atoms. The summed E-state index contributed by atoms with van der Waals surface area (Å²) in [4.78, 5) is 26.0. The number of amides is 1. The fraction of sp³-hybridized carbons (Fsp3) is 0.409. The summed E-state index contributed by atoms with van der Waals surface area (Å²) in [5, 5.41) is 3.29. The number of hydrogen-bond acceptors (Lipinski definition) is 5. The van der Waals surface area contributed by atoms with Crippen LogP contribution in [0.3, 0.4) is 0 Å². The number of rotatable bonds is 6. The fourth-order valence-corrected chi connectivity index (χ4v) is 3.35. The molecule has 146 valence electrons. The van der Waals surface area contributed by atoms with Crippen molar-refractivity contribution < 1.29 is 4.79 Å². The van der Waals surface area contributed by atoms with Crippen LogP contribution in [0.4, 0.5) is 5.95 Å². The Balaban J connectivity index is 1.30. The van der Waals surface area contributed by atoms with Crippen LogP contribution in [0.5, 0.6) is 0 Å². The summed E-state index contributed by atoms with van der Waals surface area (Å²) in [7, 11) is 0. The highest BCUT2D eigenvalue weighted by atomic mass is 16.2. The fourth-order valence-electron chi connectivity index (χ4n) is 3.35. The predicted molar refractivity (Wildman–Crippen MR) is 111 cm³/mol. The molecule has 1 amide bonds. The van der Waals surface area contributed by atoms with E-state index in [9.17, 15) is 4.79 Å². The zero-order valence-electron chi connectivity index (χ0n) is 16.3. The van der Waals surface area contributed by atoms with Crippen molar-refractivity contribution in [2.75, 3.05) is 38.0 Å². The summed E-state index contributed by atoms with van der Waals surface area (Å²) < 4.78 is 0. The first-order chi connectivity index (χ1) is 13.7. The van der Waals surface area contributed by atoms with Crippen molar-refractivity contribution in [2.45, 2.75) is 25.8 Å². The van der Waals surface area contributed by atoms with Crippen molar-refractivity contribution >= 4 is 17.9 Å². The van der Waals surface area contributed by atoms with Gasteiger partial charge in [0.25, 0.3) is 5.91 Å². The molecule has 28 heavy (non-hydrogen) atoms. The smallest absolute Gasteiger partial charge is 0.272 e. The van der Waals surface area contributed by atoms with Crippen molar-refractivity contribution in [2.24, 2.45) is 0 Å². The van der Waals surface area contributed by atoms with Crippen LogP contribution in [0.25, 0.3) is 6.08 Å². The molecule has 2 aromatic rings. The molecule has 0 bridgehead atoms. The Morgan fingerprint density at radius 3 is 2.61 bits per heavy atom. The van der Waals surface area contributed by atoms with Crippen LogP contribution in [0, 0.1) is 6.92 Å². The largest absolute Gasteiger partial charge is 0.351 e. The highest BCUT2D eigenvalue weighted by Gasteiger charge is 2.25. The second-order valence-corrected chi connectivity index (χ2v) is 7.54. The monoisotopic (exact) mass is 377 g/mol. The number of nitrogens with one attached hydrogen (secondary N) is 1. The molecule has 6 heteroatoms. The lowest BCUT2D eigenvalue weighted by molar-refractivity contribution is 0.0644. The minimum Gasteiger partial charge on any atom is -0.351 e. The first-order valence-corrected chi connectivity index (χ1v) is 10.0. The summed E-state index contributed by atoms with van der Waals surface area (Å²) in [5.41, 5.74) is 2.53. The molecule has 6 nitrogen and oxygen atoms in total. The van der Waals surface area contributed by atoms with E-state index in [-0.39, 0.29) is 5.91 Å². The van der Waals surface area contributed by atoms with Crippen LogP contribution < -0.4 is 5.32 Å². The van der Waals surface area contributed by atoms with Gasteiger partial charge in [0.2, 0.25) is 5.95 Å². The highest BCUT2D eigenvalue weighted by molar-refractivity contribution is 5.92. The summed E-state index contributed by atoms with van der Waals surface area (Å²) >= 11 is 0. The van der Waals surface area contributed by atoms with Gasteiger partial charge in [-0.1, -0.05) is 42.5 Å². The molecular formula is C22H27N5O. The normalized spacial score (nSPS) is 17.8. The van der Waals surface area contributed by atoms with Gasteiger partial charge in [-0.2, -0.15) is 0 Å². The summed E-state index contributed by atoms with van der Waals surface area (Å²) in [5.74, 6) is 0.583. The number of nitrogens with zero attached hydrogens (tertiary/aromatic N) is 4. The van der Waals surface area contributed by atoms with Gasteiger partial charge in [-0.25, -0.2) is 9.97 Å². The average Bonchev–Trinajstić information content (AvgIpc) is 3.52. The maximum absolute atomic E-state index is 12.9. The van der Waals surface area contributed by atoms with Crippen molar-refractivity contribution in [1.29, 1.82) is 0 Å². The molecule has 2 fully saturated rings. The van der Waals surface area contributed by atoms with Gasteiger partial charge in [-0.05, 0) is 31.4 Å². The maximum Gasteiger partial charge on any atom is 0.272 e. The van der Waals surface area contributed by atoms with E-state index in [2.05, 4.69) is 44.5 Å². The summed E-state index contributed by atoms with van der Waals surface area (Å²) in [6, 6.07) is 12.6. The van der Waals surface area contributed by atoms with Gasteiger partial charge < -0.3 is 10.2 Å². The van der Waals surface area contributed by atoms with E-state index < -0.39 is 0 Å². The number of benzene rings is 1. The number of hydrogen-bond donors (Lipinski definition) is 1. The molecule has 1 N–H and O–H groups in total. The minimum absolute atomic E-state index is 0.00354. The molecule has 1 aliphatic heterocycles. The first kappa shape index (κ1) is 18.6. The SMILES string of the molecule is Cc1cc(C(=O)N2CCN(C/C=C/c3ccccc3)CC2)nc(NC2CC2)n1. The standard InChI is InChI=1S/C22H27N5O/c1-17-16-20(25-22(23-17)24-19-9-10-19)21(28)27-14-12-26(13-15-27)11-5-8-18-6-3-2-4-7-18/h2-8,16,19H,9-15H2,1H3,(H,23,24,25)/b8-5+. The van der Waals surface area contributed by atoms with Gasteiger partial charge >= 0.3 is 0 Å². The van der Waals surface area contributed by atoms with Crippen LogP contribution in [0.15, 0.2) is 42.5 Å². The maximum atomic E-state index is 12.9. The molecule has 4 rings (SSSR count). The molecule has 0 radical (unpaired) electrons. The molecule has 1 aromatic heterocycles. The van der Waals surface area contributed by atoms with Gasteiger partial charge in [-0.3, -0.25) is 9.69 Å². The van der Waals surface area contributed by atoms with Gasteiger partial charge in [0, 0.05) is 44.5 Å². The van der Waals surface area contributed by atoms with Crippen molar-refractivity contribution in [3.8, 4) is 0 Å². The zero-order chi connectivity index (χ0) is 19.3. The van der Waals surface area contributed by atoms with Crippen molar-refractivity contribution in [3.05, 3.63) is 59.4 Å². The number of aryl methyl sites for hydroxylation is 1. The van der Waals surface area contributed by atoms with Crippen LogP contribution in [0.1, 0.15) is 34.6 Å². The molecule has 0 unspecified atom stereocenters. The highest BCUT2D eigenvalue weighted by Crippen LogP contribution is 2.23. The Labute approximate surface area is 166 Å². The minimum atomic E-state index is 0.00354. The van der Waals surface area contributed by atoms with E-state index in [0.717, 1.165) is 51.3 Å². The van der Waals surface area contributed by atoms with E-state index in [4.69, 9.17) is 0 Å². The third-order valence-corrected chi connectivity index (χ3v) is 5.12. The van der Waals surface area contributed by atoms with Crippen LogP contribution in [-0.2, 0) is 0 Å². The predicted octanol–water partition coefficient (Wildman–Crippen LogP) is 2.83. The number of anilines is 1. The van der Waals surface area contributed by atoms with Gasteiger partial charge in [0.1, 0.15) is 5.69 Å².